The van der Waals surface area contributed by atoms with Crippen molar-refractivity contribution in [3.8, 4) is 0 Å². The van der Waals surface area contributed by atoms with Gasteiger partial charge >= 0.3 is 0 Å². The van der Waals surface area contributed by atoms with Gasteiger partial charge in [0, 0.05) is 18.9 Å². The number of carbonyl (C=O) groups is 3. The summed E-state index contributed by atoms with van der Waals surface area (Å²) in [7, 11) is 0. The molecule has 126 valence electrons. The third kappa shape index (κ3) is 2.25. The monoisotopic (exact) mass is 339 g/mol. The molecule has 0 spiro atoms. The maximum absolute atomic E-state index is 13.2. The maximum atomic E-state index is 13.2. The minimum absolute atomic E-state index is 0.294. The Hall–Kier alpha value is -3.02. The molecule has 5 nitrogen and oxygen atoms in total. The van der Waals surface area contributed by atoms with E-state index in [1.807, 2.05) is 0 Å². The van der Waals surface area contributed by atoms with Crippen LogP contribution in [0.1, 0.15) is 39.1 Å². The third-order valence-corrected chi connectivity index (χ3v) is 4.97. The van der Waals surface area contributed by atoms with Gasteiger partial charge in [-0.1, -0.05) is 24.3 Å². The van der Waals surface area contributed by atoms with Crippen LogP contribution in [0.15, 0.2) is 48.5 Å². The van der Waals surface area contributed by atoms with Crippen molar-refractivity contribution in [2.75, 3.05) is 0 Å². The van der Waals surface area contributed by atoms with E-state index < -0.39 is 5.60 Å². The fraction of sp³-hybridized carbons (Fsp3) is 0.211. The maximum Gasteiger partial charge on any atom is 0.293 e. The molecule has 6 heteroatoms. The molecular weight excluding hydrogens is 325 g/mol. The number of imide groups is 1. The highest BCUT2D eigenvalue weighted by Gasteiger charge is 2.54. The van der Waals surface area contributed by atoms with Crippen LogP contribution in [0.2, 0.25) is 0 Å². The summed E-state index contributed by atoms with van der Waals surface area (Å²) in [5, 5.41) is 0. The van der Waals surface area contributed by atoms with E-state index in [1.54, 1.807) is 36.4 Å². The van der Waals surface area contributed by atoms with Crippen LogP contribution in [0.4, 0.5) is 4.39 Å². The van der Waals surface area contributed by atoms with E-state index in [4.69, 9.17) is 4.74 Å². The van der Waals surface area contributed by atoms with Crippen LogP contribution in [0.3, 0.4) is 0 Å². The van der Waals surface area contributed by atoms with Gasteiger partial charge in [-0.15, -0.1) is 0 Å². The summed E-state index contributed by atoms with van der Waals surface area (Å²) in [6.45, 7) is 0.349. The first-order valence-electron chi connectivity index (χ1n) is 7.90. The molecule has 0 atom stereocenters. The first kappa shape index (κ1) is 15.5. The molecule has 1 aliphatic heterocycles. The Kier molecular flexibility index (Phi) is 3.42. The van der Waals surface area contributed by atoms with E-state index in [9.17, 15) is 18.8 Å². The van der Waals surface area contributed by atoms with Gasteiger partial charge in [0.25, 0.3) is 18.3 Å². The third-order valence-electron chi connectivity index (χ3n) is 4.97. The van der Waals surface area contributed by atoms with Gasteiger partial charge in [0.1, 0.15) is 11.4 Å². The van der Waals surface area contributed by atoms with Crippen molar-refractivity contribution in [2.24, 2.45) is 0 Å². The lowest BCUT2D eigenvalue weighted by Gasteiger charge is -2.48. The van der Waals surface area contributed by atoms with Crippen LogP contribution in [0.25, 0.3) is 0 Å². The van der Waals surface area contributed by atoms with Gasteiger partial charge < -0.3 is 4.74 Å². The van der Waals surface area contributed by atoms with E-state index >= 15 is 0 Å². The number of carbonyl (C=O) groups excluding carboxylic acids is 3. The zero-order valence-electron chi connectivity index (χ0n) is 13.1. The second-order valence-electron chi connectivity index (χ2n) is 6.30. The quantitative estimate of drug-likeness (QED) is 0.635. The van der Waals surface area contributed by atoms with Gasteiger partial charge in [0.2, 0.25) is 0 Å². The Morgan fingerprint density at radius 3 is 2.08 bits per heavy atom. The molecule has 1 aliphatic carbocycles. The van der Waals surface area contributed by atoms with E-state index in [0.29, 0.717) is 36.0 Å². The van der Waals surface area contributed by atoms with Crippen LogP contribution < -0.4 is 0 Å². The summed E-state index contributed by atoms with van der Waals surface area (Å²) in [4.78, 5) is 37.3. The molecular formula is C19H14FNO4. The number of benzene rings is 2. The lowest BCUT2D eigenvalue weighted by atomic mass is 9.70. The number of fused-ring (bicyclic) bond motifs is 1. The van der Waals surface area contributed by atoms with Crippen LogP contribution in [0, 0.1) is 5.82 Å². The number of hydrogen-bond donors (Lipinski definition) is 0. The summed E-state index contributed by atoms with van der Waals surface area (Å²) in [6, 6.07) is 12.0. The minimum Gasteiger partial charge on any atom is -0.456 e. The van der Waals surface area contributed by atoms with Crippen LogP contribution in [-0.4, -0.2) is 29.2 Å². The molecule has 0 N–H and O–H groups in total. The molecule has 2 aromatic rings. The number of ether oxygens (including phenoxy) is 1. The smallest absolute Gasteiger partial charge is 0.293 e. The SMILES string of the molecule is O=COC1(c2ccc(F)cc2)CC(N2C(=O)c3ccccc3C2=O)C1. The second-order valence-corrected chi connectivity index (χ2v) is 6.30. The summed E-state index contributed by atoms with van der Waals surface area (Å²) in [6.07, 6.45) is 0.589. The number of nitrogens with zero attached hydrogens (tertiary/aromatic N) is 1. The molecule has 0 unspecified atom stereocenters. The van der Waals surface area contributed by atoms with Gasteiger partial charge in [-0.3, -0.25) is 19.3 Å². The molecule has 1 heterocycles. The van der Waals surface area contributed by atoms with Gasteiger partial charge in [-0.2, -0.15) is 0 Å². The Morgan fingerprint density at radius 1 is 1.00 bits per heavy atom. The summed E-state index contributed by atoms with van der Waals surface area (Å²) in [5.74, 6) is -1.05. The van der Waals surface area contributed by atoms with E-state index in [0.717, 1.165) is 0 Å². The molecule has 2 aromatic carbocycles. The van der Waals surface area contributed by atoms with Crippen molar-refractivity contribution in [1.82, 2.24) is 4.90 Å². The Morgan fingerprint density at radius 2 is 1.56 bits per heavy atom. The molecule has 1 fully saturated rings. The average Bonchev–Trinajstić information content (AvgIpc) is 2.83. The molecule has 0 aromatic heterocycles. The normalized spacial score (nSPS) is 24.7. The fourth-order valence-corrected chi connectivity index (χ4v) is 3.67. The van der Waals surface area contributed by atoms with Crippen molar-refractivity contribution in [3.05, 3.63) is 71.0 Å². The molecule has 2 amide bonds. The molecule has 2 aliphatic rings. The minimum atomic E-state index is -0.935. The molecule has 0 radical (unpaired) electrons. The van der Waals surface area contributed by atoms with Gasteiger partial charge in [0.15, 0.2) is 0 Å². The predicted octanol–water partition coefficient (Wildman–Crippen LogP) is 2.65. The van der Waals surface area contributed by atoms with Crippen molar-refractivity contribution < 1.29 is 23.5 Å². The Balaban J connectivity index is 1.60. The van der Waals surface area contributed by atoms with Crippen LogP contribution in [0.5, 0.6) is 0 Å². The van der Waals surface area contributed by atoms with E-state index in [-0.39, 0.29) is 23.7 Å². The second kappa shape index (κ2) is 5.51. The lowest BCUT2D eigenvalue weighted by molar-refractivity contribution is -0.162. The topological polar surface area (TPSA) is 63.7 Å². The molecule has 0 saturated heterocycles. The van der Waals surface area contributed by atoms with Crippen molar-refractivity contribution in [3.63, 3.8) is 0 Å². The van der Waals surface area contributed by atoms with Gasteiger partial charge in [0.05, 0.1) is 11.1 Å². The first-order chi connectivity index (χ1) is 12.1. The lowest BCUT2D eigenvalue weighted by Crippen LogP contribution is -2.56. The van der Waals surface area contributed by atoms with Gasteiger partial charge in [-0.25, -0.2) is 4.39 Å². The van der Waals surface area contributed by atoms with Crippen molar-refractivity contribution in [2.45, 2.75) is 24.5 Å². The summed E-state index contributed by atoms with van der Waals surface area (Å²) >= 11 is 0. The largest absolute Gasteiger partial charge is 0.456 e. The van der Waals surface area contributed by atoms with Crippen LogP contribution in [-0.2, 0) is 15.1 Å². The van der Waals surface area contributed by atoms with Crippen LogP contribution >= 0.6 is 0 Å². The standard InChI is InChI=1S/C19H14FNO4/c20-13-7-5-12(6-8-13)19(25-11-22)9-14(10-19)21-17(23)15-3-1-2-4-16(15)18(21)24/h1-8,11,14H,9-10H2. The summed E-state index contributed by atoms with van der Waals surface area (Å²) < 4.78 is 18.4. The Bertz CT molecular complexity index is 836. The highest BCUT2D eigenvalue weighted by molar-refractivity contribution is 6.21. The fourth-order valence-electron chi connectivity index (χ4n) is 3.67. The highest BCUT2D eigenvalue weighted by atomic mass is 19.1. The molecule has 0 bridgehead atoms. The zero-order valence-corrected chi connectivity index (χ0v) is 13.1. The van der Waals surface area contributed by atoms with Gasteiger partial charge in [-0.05, 0) is 29.8 Å². The van der Waals surface area contributed by atoms with Crippen molar-refractivity contribution >= 4 is 18.3 Å². The molecule has 25 heavy (non-hydrogen) atoms. The number of amides is 2. The molecule has 1 saturated carbocycles. The predicted molar refractivity (Wildman–Crippen MR) is 85.2 cm³/mol. The summed E-state index contributed by atoms with van der Waals surface area (Å²) in [5.41, 5.74) is 0.496. The van der Waals surface area contributed by atoms with E-state index in [2.05, 4.69) is 0 Å². The zero-order chi connectivity index (χ0) is 17.6. The number of hydrogen-bond acceptors (Lipinski definition) is 4. The Labute approximate surface area is 143 Å². The van der Waals surface area contributed by atoms with E-state index in [1.165, 1.54) is 17.0 Å². The number of rotatable bonds is 4. The van der Waals surface area contributed by atoms with Crippen molar-refractivity contribution in [1.29, 1.82) is 0 Å². The number of halogens is 1. The molecule has 4 rings (SSSR count). The first-order valence-corrected chi connectivity index (χ1v) is 7.90. The highest BCUT2D eigenvalue weighted by Crippen LogP contribution is 2.48. The average molecular weight is 339 g/mol.